The molecule has 0 fully saturated rings. The number of nitro groups is 1. The number of carbonyl (C=O) groups is 1. The van der Waals surface area contributed by atoms with Crippen molar-refractivity contribution in [2.45, 2.75) is 18.2 Å². The molecule has 1 rings (SSSR count). The SMILES string of the molecule is CC(CNS(=O)(=O)c1ccc(Cl)cc1[N+](=O)[O-])CC(=O)O. The molecule has 1 aromatic rings. The number of aliphatic carboxylic acids is 1. The minimum Gasteiger partial charge on any atom is -0.481 e. The fraction of sp³-hybridized carbons (Fsp3) is 0.364. The van der Waals surface area contributed by atoms with E-state index in [1.807, 2.05) is 0 Å². The normalized spacial score (nSPS) is 12.9. The molecule has 0 amide bonds. The molecule has 0 saturated carbocycles. The summed E-state index contributed by atoms with van der Waals surface area (Å²) < 4.78 is 26.3. The van der Waals surface area contributed by atoms with Crippen LogP contribution in [0.4, 0.5) is 5.69 Å². The van der Waals surface area contributed by atoms with Crippen molar-refractivity contribution in [2.24, 2.45) is 5.92 Å². The minimum atomic E-state index is -4.13. The van der Waals surface area contributed by atoms with Crippen LogP contribution < -0.4 is 4.72 Å². The largest absolute Gasteiger partial charge is 0.481 e. The molecule has 0 bridgehead atoms. The maximum absolute atomic E-state index is 12.1. The van der Waals surface area contributed by atoms with E-state index in [0.717, 1.165) is 12.1 Å². The molecule has 1 atom stereocenters. The van der Waals surface area contributed by atoms with Gasteiger partial charge < -0.3 is 5.11 Å². The zero-order valence-electron chi connectivity index (χ0n) is 10.9. The lowest BCUT2D eigenvalue weighted by atomic mass is 10.1. The molecule has 0 aromatic heterocycles. The highest BCUT2D eigenvalue weighted by atomic mass is 35.5. The second-order valence-corrected chi connectivity index (χ2v) is 6.60. The number of hydrogen-bond donors (Lipinski definition) is 2. The van der Waals surface area contributed by atoms with Crippen LogP contribution in [0.15, 0.2) is 23.1 Å². The number of carboxylic acid groups (broad SMARTS) is 1. The zero-order chi connectivity index (χ0) is 16.2. The van der Waals surface area contributed by atoms with Crippen LogP contribution in [0.5, 0.6) is 0 Å². The van der Waals surface area contributed by atoms with Gasteiger partial charge in [0.2, 0.25) is 10.0 Å². The van der Waals surface area contributed by atoms with E-state index in [-0.39, 0.29) is 18.0 Å². The summed E-state index contributed by atoms with van der Waals surface area (Å²) in [6.45, 7) is 1.40. The van der Waals surface area contributed by atoms with Gasteiger partial charge in [-0.15, -0.1) is 0 Å². The minimum absolute atomic E-state index is 0.0416. The molecule has 116 valence electrons. The molecule has 0 aliphatic heterocycles. The van der Waals surface area contributed by atoms with Gasteiger partial charge in [0.1, 0.15) is 0 Å². The van der Waals surface area contributed by atoms with Crippen molar-refractivity contribution in [2.75, 3.05) is 6.54 Å². The summed E-state index contributed by atoms with van der Waals surface area (Å²) in [7, 11) is -4.13. The lowest BCUT2D eigenvalue weighted by Gasteiger charge is -2.11. The summed E-state index contributed by atoms with van der Waals surface area (Å²) in [6.07, 6.45) is -0.217. The molecule has 0 heterocycles. The number of hydrogen-bond acceptors (Lipinski definition) is 5. The first-order valence-corrected chi connectivity index (χ1v) is 7.65. The molecule has 0 aliphatic carbocycles. The lowest BCUT2D eigenvalue weighted by Crippen LogP contribution is -2.29. The van der Waals surface area contributed by atoms with E-state index in [2.05, 4.69) is 4.72 Å². The lowest BCUT2D eigenvalue weighted by molar-refractivity contribution is -0.387. The quantitative estimate of drug-likeness (QED) is 0.575. The average Bonchev–Trinajstić information content (AvgIpc) is 2.35. The Morgan fingerprint density at radius 2 is 2.14 bits per heavy atom. The number of carboxylic acids is 1. The summed E-state index contributed by atoms with van der Waals surface area (Å²) in [5.74, 6) is -1.51. The third-order valence-electron chi connectivity index (χ3n) is 2.55. The van der Waals surface area contributed by atoms with Gasteiger partial charge in [-0.3, -0.25) is 14.9 Å². The Kier molecular flexibility index (Phi) is 5.64. The summed E-state index contributed by atoms with van der Waals surface area (Å²) in [4.78, 5) is 20.0. The van der Waals surface area contributed by atoms with Crippen molar-refractivity contribution < 1.29 is 23.2 Å². The smallest absolute Gasteiger partial charge is 0.303 e. The van der Waals surface area contributed by atoms with Gasteiger partial charge in [0.15, 0.2) is 4.90 Å². The van der Waals surface area contributed by atoms with E-state index >= 15 is 0 Å². The fourth-order valence-corrected chi connectivity index (χ4v) is 3.04. The summed E-state index contributed by atoms with van der Waals surface area (Å²) in [6, 6.07) is 3.20. The zero-order valence-corrected chi connectivity index (χ0v) is 12.5. The molecule has 0 radical (unpaired) electrons. The molecule has 0 aliphatic rings. The molecule has 1 unspecified atom stereocenters. The maximum Gasteiger partial charge on any atom is 0.303 e. The van der Waals surface area contributed by atoms with Crippen LogP contribution in [0.25, 0.3) is 0 Å². The first kappa shape index (κ1) is 17.3. The Hall–Kier alpha value is -1.71. The molecule has 21 heavy (non-hydrogen) atoms. The van der Waals surface area contributed by atoms with Crippen LogP contribution >= 0.6 is 11.6 Å². The van der Waals surface area contributed by atoms with Crippen molar-refractivity contribution in [1.82, 2.24) is 4.72 Å². The topological polar surface area (TPSA) is 127 Å². The van der Waals surface area contributed by atoms with Gasteiger partial charge in [-0.05, 0) is 18.1 Å². The van der Waals surface area contributed by atoms with E-state index in [1.165, 1.54) is 6.07 Å². The van der Waals surface area contributed by atoms with Crippen molar-refractivity contribution in [3.63, 3.8) is 0 Å². The first-order chi connectivity index (χ1) is 9.63. The molecule has 0 saturated heterocycles. The number of nitrogens with one attached hydrogen (secondary N) is 1. The van der Waals surface area contributed by atoms with E-state index in [1.54, 1.807) is 6.92 Å². The highest BCUT2D eigenvalue weighted by Gasteiger charge is 2.26. The van der Waals surface area contributed by atoms with Gasteiger partial charge in [-0.25, -0.2) is 13.1 Å². The second kappa shape index (κ2) is 6.83. The molecule has 8 nitrogen and oxygen atoms in total. The van der Waals surface area contributed by atoms with Crippen LogP contribution in [-0.4, -0.2) is 31.0 Å². The Morgan fingerprint density at radius 1 is 1.52 bits per heavy atom. The Labute approximate surface area is 125 Å². The van der Waals surface area contributed by atoms with Crippen LogP contribution in [0.1, 0.15) is 13.3 Å². The predicted octanol–water partition coefficient (Wildman–Crippen LogP) is 1.64. The van der Waals surface area contributed by atoms with E-state index in [0.29, 0.717) is 0 Å². The average molecular weight is 337 g/mol. The van der Waals surface area contributed by atoms with Crippen molar-refractivity contribution >= 4 is 33.3 Å². The predicted molar refractivity (Wildman–Crippen MR) is 74.7 cm³/mol. The number of halogens is 1. The van der Waals surface area contributed by atoms with Gasteiger partial charge in [0.05, 0.1) is 4.92 Å². The molecule has 2 N–H and O–H groups in total. The van der Waals surface area contributed by atoms with Gasteiger partial charge in [-0.1, -0.05) is 18.5 Å². The summed E-state index contributed by atoms with van der Waals surface area (Å²) in [5.41, 5.74) is -0.638. The Bertz CT molecular complexity index is 661. The number of sulfonamides is 1. The molecule has 0 spiro atoms. The maximum atomic E-state index is 12.1. The van der Waals surface area contributed by atoms with Gasteiger partial charge in [0, 0.05) is 24.1 Å². The highest BCUT2D eigenvalue weighted by Crippen LogP contribution is 2.27. The van der Waals surface area contributed by atoms with Gasteiger partial charge in [0.25, 0.3) is 5.69 Å². The third kappa shape index (κ3) is 4.96. The van der Waals surface area contributed by atoms with Crippen LogP contribution in [0.2, 0.25) is 5.02 Å². The third-order valence-corrected chi connectivity index (χ3v) is 4.26. The highest BCUT2D eigenvalue weighted by molar-refractivity contribution is 7.89. The fourth-order valence-electron chi connectivity index (χ4n) is 1.56. The summed E-state index contributed by atoms with van der Waals surface area (Å²) >= 11 is 5.61. The van der Waals surface area contributed by atoms with Crippen LogP contribution in [0, 0.1) is 16.0 Å². The van der Waals surface area contributed by atoms with Crippen molar-refractivity contribution in [1.29, 1.82) is 0 Å². The van der Waals surface area contributed by atoms with E-state index in [4.69, 9.17) is 16.7 Å². The molecular weight excluding hydrogens is 324 g/mol. The van der Waals surface area contributed by atoms with Crippen LogP contribution in [0.3, 0.4) is 0 Å². The van der Waals surface area contributed by atoms with E-state index in [9.17, 15) is 23.3 Å². The molecule has 10 heteroatoms. The van der Waals surface area contributed by atoms with Crippen LogP contribution in [-0.2, 0) is 14.8 Å². The molecular formula is C11H13ClN2O6S. The number of benzene rings is 1. The summed E-state index contributed by atoms with van der Waals surface area (Å²) in [5, 5.41) is 19.5. The number of rotatable bonds is 7. The first-order valence-electron chi connectivity index (χ1n) is 5.79. The number of nitrogens with zero attached hydrogens (tertiary/aromatic N) is 1. The van der Waals surface area contributed by atoms with Gasteiger partial charge >= 0.3 is 5.97 Å². The Balaban J connectivity index is 2.98. The standard InChI is InChI=1S/C11H13ClN2O6S/c1-7(4-11(15)16)6-13-21(19,20)10-3-2-8(12)5-9(10)14(17)18/h2-3,5,7,13H,4,6H2,1H3,(H,15,16). The van der Waals surface area contributed by atoms with Crippen molar-refractivity contribution in [3.05, 3.63) is 33.3 Å². The van der Waals surface area contributed by atoms with Crippen molar-refractivity contribution in [3.8, 4) is 0 Å². The monoisotopic (exact) mass is 336 g/mol. The number of nitro benzene ring substituents is 1. The van der Waals surface area contributed by atoms with Gasteiger partial charge in [-0.2, -0.15) is 0 Å². The Morgan fingerprint density at radius 3 is 2.67 bits per heavy atom. The second-order valence-electron chi connectivity index (χ2n) is 4.42. The van der Waals surface area contributed by atoms with E-state index < -0.39 is 37.4 Å². The molecule has 1 aromatic carbocycles.